The Bertz CT molecular complexity index is 610. The van der Waals surface area contributed by atoms with Crippen molar-refractivity contribution in [3.8, 4) is 5.75 Å². The van der Waals surface area contributed by atoms with Crippen molar-refractivity contribution in [3.05, 3.63) is 29.8 Å². The van der Waals surface area contributed by atoms with Gasteiger partial charge in [-0.1, -0.05) is 12.1 Å². The molecule has 2 rings (SSSR count). The molecular formula is C20H31F3IN3O3. The molecular weight excluding hydrogens is 514 g/mol. The summed E-state index contributed by atoms with van der Waals surface area (Å²) < 4.78 is 52.2. The average Bonchev–Trinajstić information content (AvgIpc) is 2.72. The Balaban J connectivity index is 0.00000450. The van der Waals surface area contributed by atoms with Crippen LogP contribution in [0.1, 0.15) is 24.8 Å². The van der Waals surface area contributed by atoms with Crippen LogP contribution in [0, 0.1) is 5.92 Å². The smallest absolute Gasteiger partial charge is 0.422 e. The van der Waals surface area contributed by atoms with Crippen LogP contribution in [-0.4, -0.2) is 58.8 Å². The Morgan fingerprint density at radius 1 is 1.17 bits per heavy atom. The standard InChI is InChI=1S/C20H30F3N3O3.HI/c1-24-19(25-9-2-10-28-14-17-7-11-27-12-8-17)26-13-16-3-5-18(6-4-16)29-15-20(21,22)23;/h3-6,17H,2,7-15H2,1H3,(H2,24,25,26);1H. The SMILES string of the molecule is CN=C(NCCCOCC1CCOCC1)NCc1ccc(OCC(F)(F)F)cc1.I. The number of alkyl halides is 3. The van der Waals surface area contributed by atoms with Crippen molar-refractivity contribution in [2.24, 2.45) is 10.9 Å². The first kappa shape index (κ1) is 26.8. The number of ether oxygens (including phenoxy) is 3. The van der Waals surface area contributed by atoms with Gasteiger partial charge in [0, 0.05) is 46.6 Å². The second-order valence-corrected chi connectivity index (χ2v) is 6.88. The molecule has 0 aliphatic carbocycles. The molecule has 1 aliphatic heterocycles. The summed E-state index contributed by atoms with van der Waals surface area (Å²) in [4.78, 5) is 4.16. The van der Waals surface area contributed by atoms with Gasteiger partial charge in [0.2, 0.25) is 0 Å². The molecule has 0 spiro atoms. The fourth-order valence-corrected chi connectivity index (χ4v) is 2.82. The fraction of sp³-hybridized carbons (Fsp3) is 0.650. The summed E-state index contributed by atoms with van der Waals surface area (Å²) in [5.41, 5.74) is 0.909. The number of nitrogens with one attached hydrogen (secondary N) is 2. The lowest BCUT2D eigenvalue weighted by molar-refractivity contribution is -0.153. The van der Waals surface area contributed by atoms with Gasteiger partial charge in [-0.3, -0.25) is 4.99 Å². The largest absolute Gasteiger partial charge is 0.484 e. The van der Waals surface area contributed by atoms with Gasteiger partial charge in [-0.05, 0) is 42.9 Å². The quantitative estimate of drug-likeness (QED) is 0.203. The summed E-state index contributed by atoms with van der Waals surface area (Å²) in [6.45, 7) is 3.10. The Morgan fingerprint density at radius 3 is 2.50 bits per heavy atom. The molecule has 0 saturated carbocycles. The maximum absolute atomic E-state index is 12.2. The molecule has 1 heterocycles. The van der Waals surface area contributed by atoms with E-state index < -0.39 is 12.8 Å². The van der Waals surface area contributed by atoms with E-state index in [9.17, 15) is 13.2 Å². The zero-order valence-corrected chi connectivity index (χ0v) is 19.5. The van der Waals surface area contributed by atoms with Crippen LogP contribution in [-0.2, 0) is 16.0 Å². The summed E-state index contributed by atoms with van der Waals surface area (Å²) in [5, 5.41) is 6.38. The van der Waals surface area contributed by atoms with Crippen molar-refractivity contribution in [1.29, 1.82) is 0 Å². The minimum absolute atomic E-state index is 0. The van der Waals surface area contributed by atoms with Crippen molar-refractivity contribution >= 4 is 29.9 Å². The number of guanidine groups is 1. The van der Waals surface area contributed by atoms with E-state index in [4.69, 9.17) is 14.2 Å². The lowest BCUT2D eigenvalue weighted by Gasteiger charge is -2.21. The minimum atomic E-state index is -4.34. The average molecular weight is 545 g/mol. The van der Waals surface area contributed by atoms with Crippen molar-refractivity contribution in [2.45, 2.75) is 32.0 Å². The second-order valence-electron chi connectivity index (χ2n) is 6.88. The van der Waals surface area contributed by atoms with E-state index in [-0.39, 0.29) is 29.7 Å². The maximum Gasteiger partial charge on any atom is 0.422 e. The molecule has 0 radical (unpaired) electrons. The van der Waals surface area contributed by atoms with Crippen LogP contribution in [0.5, 0.6) is 5.75 Å². The Labute approximate surface area is 193 Å². The number of hydrogen-bond donors (Lipinski definition) is 2. The molecule has 1 aromatic rings. The molecule has 2 N–H and O–H groups in total. The Hall–Kier alpha value is -1.27. The molecule has 0 atom stereocenters. The third kappa shape index (κ3) is 11.8. The van der Waals surface area contributed by atoms with Crippen molar-refractivity contribution < 1.29 is 27.4 Å². The zero-order chi connectivity index (χ0) is 21.0. The summed E-state index contributed by atoms with van der Waals surface area (Å²) in [6.07, 6.45) is -1.32. The van der Waals surface area contributed by atoms with Gasteiger partial charge in [0.15, 0.2) is 12.6 Å². The molecule has 1 aliphatic rings. The van der Waals surface area contributed by atoms with E-state index in [0.29, 0.717) is 25.0 Å². The van der Waals surface area contributed by atoms with Gasteiger partial charge in [-0.15, -0.1) is 24.0 Å². The Kier molecular flexibility index (Phi) is 13.1. The van der Waals surface area contributed by atoms with Crippen LogP contribution in [0.4, 0.5) is 13.2 Å². The van der Waals surface area contributed by atoms with Gasteiger partial charge >= 0.3 is 6.18 Å². The molecule has 1 saturated heterocycles. The summed E-state index contributed by atoms with van der Waals surface area (Å²) in [5.74, 6) is 1.46. The highest BCUT2D eigenvalue weighted by molar-refractivity contribution is 14.0. The summed E-state index contributed by atoms with van der Waals surface area (Å²) >= 11 is 0. The van der Waals surface area contributed by atoms with Crippen molar-refractivity contribution in [2.75, 3.05) is 46.6 Å². The first-order chi connectivity index (χ1) is 14.0. The number of nitrogens with zero attached hydrogens (tertiary/aromatic N) is 1. The lowest BCUT2D eigenvalue weighted by atomic mass is 10.0. The highest BCUT2D eigenvalue weighted by Crippen LogP contribution is 2.19. The van der Waals surface area contributed by atoms with E-state index in [2.05, 4.69) is 15.6 Å². The zero-order valence-electron chi connectivity index (χ0n) is 17.2. The summed E-state index contributed by atoms with van der Waals surface area (Å²) in [6, 6.07) is 6.48. The predicted octanol–water partition coefficient (Wildman–Crippen LogP) is 3.74. The molecule has 10 heteroatoms. The fourth-order valence-electron chi connectivity index (χ4n) is 2.82. The first-order valence-electron chi connectivity index (χ1n) is 9.85. The van der Waals surface area contributed by atoms with E-state index in [0.717, 1.165) is 51.2 Å². The van der Waals surface area contributed by atoms with Gasteiger partial charge in [-0.2, -0.15) is 13.2 Å². The topological polar surface area (TPSA) is 64.1 Å². The lowest BCUT2D eigenvalue weighted by Crippen LogP contribution is -2.37. The monoisotopic (exact) mass is 545 g/mol. The molecule has 6 nitrogen and oxygen atoms in total. The number of halogens is 4. The van der Waals surface area contributed by atoms with Gasteiger partial charge in [0.25, 0.3) is 0 Å². The third-order valence-electron chi connectivity index (χ3n) is 4.46. The predicted molar refractivity (Wildman–Crippen MR) is 121 cm³/mol. The second kappa shape index (κ2) is 14.7. The number of hydrogen-bond acceptors (Lipinski definition) is 4. The van der Waals surface area contributed by atoms with E-state index in [1.54, 1.807) is 19.2 Å². The normalized spacial score (nSPS) is 15.4. The highest BCUT2D eigenvalue weighted by atomic mass is 127. The van der Waals surface area contributed by atoms with Gasteiger partial charge < -0.3 is 24.8 Å². The highest BCUT2D eigenvalue weighted by Gasteiger charge is 2.28. The maximum atomic E-state index is 12.2. The van der Waals surface area contributed by atoms with Gasteiger partial charge in [0.1, 0.15) is 5.75 Å². The minimum Gasteiger partial charge on any atom is -0.484 e. The number of aliphatic imine (C=N–C) groups is 1. The van der Waals surface area contributed by atoms with Crippen LogP contribution in [0.3, 0.4) is 0 Å². The van der Waals surface area contributed by atoms with E-state index in [1.807, 2.05) is 0 Å². The molecule has 30 heavy (non-hydrogen) atoms. The first-order valence-corrected chi connectivity index (χ1v) is 9.85. The van der Waals surface area contributed by atoms with E-state index >= 15 is 0 Å². The van der Waals surface area contributed by atoms with Crippen LogP contribution in [0.25, 0.3) is 0 Å². The molecule has 0 amide bonds. The van der Waals surface area contributed by atoms with Crippen molar-refractivity contribution in [3.63, 3.8) is 0 Å². The Morgan fingerprint density at radius 2 is 1.87 bits per heavy atom. The van der Waals surface area contributed by atoms with E-state index in [1.165, 1.54) is 12.1 Å². The molecule has 0 unspecified atom stereocenters. The van der Waals surface area contributed by atoms with Gasteiger partial charge in [0.05, 0.1) is 0 Å². The molecule has 1 aromatic carbocycles. The van der Waals surface area contributed by atoms with Crippen molar-refractivity contribution in [1.82, 2.24) is 10.6 Å². The molecule has 0 bridgehead atoms. The van der Waals surface area contributed by atoms with Crippen LogP contribution in [0.2, 0.25) is 0 Å². The van der Waals surface area contributed by atoms with Gasteiger partial charge in [-0.25, -0.2) is 0 Å². The number of benzene rings is 1. The number of rotatable bonds is 10. The third-order valence-corrected chi connectivity index (χ3v) is 4.46. The molecule has 0 aromatic heterocycles. The summed E-state index contributed by atoms with van der Waals surface area (Å²) in [7, 11) is 1.69. The molecule has 1 fully saturated rings. The van der Waals surface area contributed by atoms with Crippen LogP contribution in [0.15, 0.2) is 29.3 Å². The van der Waals surface area contributed by atoms with Crippen LogP contribution >= 0.6 is 24.0 Å². The van der Waals surface area contributed by atoms with Crippen LogP contribution < -0.4 is 15.4 Å². The molecule has 172 valence electrons.